The Labute approximate surface area is 198 Å². The number of amides is 1. The van der Waals surface area contributed by atoms with E-state index in [9.17, 15) is 19.5 Å². The van der Waals surface area contributed by atoms with Crippen LogP contribution in [-0.2, 0) is 9.53 Å². The average Bonchev–Trinajstić information content (AvgIpc) is 3.44. The van der Waals surface area contributed by atoms with Crippen LogP contribution >= 0.6 is 11.3 Å². The third-order valence-corrected chi connectivity index (χ3v) is 6.20. The number of rotatable bonds is 7. The number of aromatic amines is 1. The fourth-order valence-corrected chi connectivity index (χ4v) is 4.40. The largest absolute Gasteiger partial charge is 0.493 e. The second kappa shape index (κ2) is 9.75. The number of benzene rings is 2. The summed E-state index contributed by atoms with van der Waals surface area (Å²) >= 11 is 1.05. The summed E-state index contributed by atoms with van der Waals surface area (Å²) in [6, 6.07) is 17.0. The molecule has 4 aromatic rings. The molecule has 1 amide bonds. The molecule has 10 heteroatoms. The van der Waals surface area contributed by atoms with Gasteiger partial charge >= 0.3 is 11.7 Å². The number of thiazole rings is 1. The van der Waals surface area contributed by atoms with Crippen molar-refractivity contribution in [1.29, 1.82) is 0 Å². The molecular weight excluding hydrogens is 456 g/mol. The van der Waals surface area contributed by atoms with Crippen molar-refractivity contribution in [2.75, 3.05) is 12.4 Å². The van der Waals surface area contributed by atoms with Crippen molar-refractivity contribution in [1.82, 2.24) is 14.5 Å². The normalized spacial score (nSPS) is 12.6. The minimum absolute atomic E-state index is 0.0588. The number of esters is 1. The average molecular weight is 479 g/mol. The summed E-state index contributed by atoms with van der Waals surface area (Å²) in [6.07, 6.45) is 0. The van der Waals surface area contributed by atoms with Gasteiger partial charge in [0.25, 0.3) is 0 Å². The first kappa shape index (κ1) is 23.0. The van der Waals surface area contributed by atoms with Crippen LogP contribution in [0.1, 0.15) is 34.9 Å². The number of ether oxygens (including phenoxy) is 1. The van der Waals surface area contributed by atoms with Gasteiger partial charge < -0.3 is 20.1 Å². The van der Waals surface area contributed by atoms with Crippen LogP contribution in [0.5, 0.6) is 5.88 Å². The van der Waals surface area contributed by atoms with E-state index in [1.54, 1.807) is 31.2 Å². The molecule has 34 heavy (non-hydrogen) atoms. The van der Waals surface area contributed by atoms with Gasteiger partial charge in [-0.3, -0.25) is 4.79 Å². The zero-order chi connectivity index (χ0) is 24.2. The third kappa shape index (κ3) is 4.48. The Bertz CT molecular complexity index is 1360. The molecule has 3 N–H and O–H groups in total. The number of aromatic hydroxyl groups is 1. The standard InChI is InChI=1S/C24H22N4O5S/c1-14(15-9-5-3-6-10-15)19(20(29)27-23-25-17(13-34-23)22(31)33-2)28-21(30)18(26-24(28)32)16-11-7-4-8-12-16/h3-14,19,30H,1-2H3,(H,26,32)(H,25,27,29)/t14-,19-/m0/s1. The summed E-state index contributed by atoms with van der Waals surface area (Å²) in [4.78, 5) is 44.9. The van der Waals surface area contributed by atoms with Crippen molar-refractivity contribution >= 4 is 28.3 Å². The van der Waals surface area contributed by atoms with Crippen LogP contribution in [-0.4, -0.2) is 38.6 Å². The summed E-state index contributed by atoms with van der Waals surface area (Å²) < 4.78 is 5.70. The molecule has 0 spiro atoms. The first-order chi connectivity index (χ1) is 16.4. The van der Waals surface area contributed by atoms with E-state index in [1.807, 2.05) is 36.4 Å². The molecule has 174 valence electrons. The lowest BCUT2D eigenvalue weighted by Gasteiger charge is -2.24. The molecule has 0 aliphatic heterocycles. The number of hydrogen-bond donors (Lipinski definition) is 3. The van der Waals surface area contributed by atoms with E-state index in [1.165, 1.54) is 12.5 Å². The molecule has 9 nitrogen and oxygen atoms in total. The van der Waals surface area contributed by atoms with E-state index in [-0.39, 0.29) is 22.4 Å². The maximum Gasteiger partial charge on any atom is 0.357 e. The fraction of sp³-hybridized carbons (Fsp3) is 0.167. The maximum absolute atomic E-state index is 13.5. The minimum atomic E-state index is -1.12. The second-order valence-electron chi connectivity index (χ2n) is 7.53. The molecule has 2 heterocycles. The van der Waals surface area contributed by atoms with Gasteiger partial charge in [0, 0.05) is 16.9 Å². The first-order valence-electron chi connectivity index (χ1n) is 10.4. The molecule has 0 unspecified atom stereocenters. The Morgan fingerprint density at radius 2 is 1.76 bits per heavy atom. The molecule has 0 aliphatic rings. The molecule has 0 saturated heterocycles. The van der Waals surface area contributed by atoms with Crippen LogP contribution in [0.25, 0.3) is 11.3 Å². The van der Waals surface area contributed by atoms with Gasteiger partial charge in [0.1, 0.15) is 11.7 Å². The minimum Gasteiger partial charge on any atom is -0.493 e. The van der Waals surface area contributed by atoms with Gasteiger partial charge in [-0.2, -0.15) is 0 Å². The van der Waals surface area contributed by atoms with Crippen LogP contribution in [0.4, 0.5) is 5.13 Å². The van der Waals surface area contributed by atoms with Gasteiger partial charge in [-0.1, -0.05) is 67.6 Å². The SMILES string of the molecule is COC(=O)c1csc(NC(=O)[C@H]([C@@H](C)c2ccccc2)n2c(O)c(-c3ccccc3)[nH]c2=O)n1. The Hall–Kier alpha value is -4.18. The van der Waals surface area contributed by atoms with E-state index in [4.69, 9.17) is 0 Å². The van der Waals surface area contributed by atoms with Gasteiger partial charge in [-0.05, 0) is 5.56 Å². The maximum atomic E-state index is 13.5. The van der Waals surface area contributed by atoms with Crippen LogP contribution in [0, 0.1) is 0 Å². The van der Waals surface area contributed by atoms with Crippen molar-refractivity contribution < 1.29 is 19.4 Å². The van der Waals surface area contributed by atoms with Crippen molar-refractivity contribution in [2.24, 2.45) is 0 Å². The van der Waals surface area contributed by atoms with E-state index in [2.05, 4.69) is 20.0 Å². The zero-order valence-corrected chi connectivity index (χ0v) is 19.2. The molecule has 4 rings (SSSR count). The Kier molecular flexibility index (Phi) is 6.60. The zero-order valence-electron chi connectivity index (χ0n) is 18.4. The molecule has 0 radical (unpaired) electrons. The Balaban J connectivity index is 1.76. The first-order valence-corrected chi connectivity index (χ1v) is 11.3. The lowest BCUT2D eigenvalue weighted by atomic mass is 9.92. The summed E-state index contributed by atoms with van der Waals surface area (Å²) in [7, 11) is 1.24. The lowest BCUT2D eigenvalue weighted by molar-refractivity contribution is -0.120. The number of nitrogens with zero attached hydrogens (tertiary/aromatic N) is 2. The van der Waals surface area contributed by atoms with Crippen LogP contribution < -0.4 is 11.0 Å². The highest BCUT2D eigenvalue weighted by Gasteiger charge is 2.33. The number of carbonyl (C=O) groups excluding carboxylic acids is 2. The van der Waals surface area contributed by atoms with Gasteiger partial charge in [0.2, 0.25) is 11.8 Å². The number of methoxy groups -OCH3 is 1. The topological polar surface area (TPSA) is 126 Å². The lowest BCUT2D eigenvalue weighted by Crippen LogP contribution is -2.35. The highest BCUT2D eigenvalue weighted by Crippen LogP contribution is 2.35. The summed E-state index contributed by atoms with van der Waals surface area (Å²) in [5.74, 6) is -2.05. The summed E-state index contributed by atoms with van der Waals surface area (Å²) in [5.41, 5.74) is 1.04. The van der Waals surface area contributed by atoms with Crippen LogP contribution in [0.2, 0.25) is 0 Å². The van der Waals surface area contributed by atoms with Crippen molar-refractivity contribution in [3.63, 3.8) is 0 Å². The summed E-state index contributed by atoms with van der Waals surface area (Å²) in [6.45, 7) is 1.79. The number of H-pyrrole nitrogens is 1. The second-order valence-corrected chi connectivity index (χ2v) is 8.39. The molecule has 2 aromatic carbocycles. The van der Waals surface area contributed by atoms with Crippen LogP contribution in [0.3, 0.4) is 0 Å². The predicted molar refractivity (Wildman–Crippen MR) is 128 cm³/mol. The number of aromatic nitrogens is 3. The van der Waals surface area contributed by atoms with Crippen molar-refractivity contribution in [3.05, 3.63) is 87.8 Å². The van der Waals surface area contributed by atoms with Gasteiger partial charge in [0.15, 0.2) is 10.8 Å². The smallest absolute Gasteiger partial charge is 0.357 e. The molecule has 2 atom stereocenters. The van der Waals surface area contributed by atoms with E-state index >= 15 is 0 Å². The van der Waals surface area contributed by atoms with Gasteiger partial charge in [-0.15, -0.1) is 11.3 Å². The molecule has 0 saturated carbocycles. The van der Waals surface area contributed by atoms with Crippen LogP contribution in [0.15, 0.2) is 70.8 Å². The molecule has 0 fully saturated rings. The fourth-order valence-electron chi connectivity index (χ4n) is 3.72. The molecule has 2 aromatic heterocycles. The quantitative estimate of drug-likeness (QED) is 0.347. The van der Waals surface area contributed by atoms with Crippen molar-refractivity contribution in [3.8, 4) is 17.1 Å². The number of carbonyl (C=O) groups is 2. The number of anilines is 1. The number of nitrogens with one attached hydrogen (secondary N) is 2. The molecular formula is C24H22N4O5S. The van der Waals surface area contributed by atoms with E-state index in [0.717, 1.165) is 21.5 Å². The van der Waals surface area contributed by atoms with Gasteiger partial charge in [-0.25, -0.2) is 19.1 Å². The van der Waals surface area contributed by atoms with Gasteiger partial charge in [0.05, 0.1) is 7.11 Å². The van der Waals surface area contributed by atoms with E-state index < -0.39 is 29.5 Å². The van der Waals surface area contributed by atoms with Crippen molar-refractivity contribution in [2.45, 2.75) is 18.9 Å². The Morgan fingerprint density at radius 1 is 1.12 bits per heavy atom. The molecule has 0 aliphatic carbocycles. The third-order valence-electron chi connectivity index (χ3n) is 5.44. The highest BCUT2D eigenvalue weighted by molar-refractivity contribution is 7.14. The summed E-state index contributed by atoms with van der Waals surface area (Å²) in [5, 5.41) is 15.3. The Morgan fingerprint density at radius 3 is 2.41 bits per heavy atom. The van der Waals surface area contributed by atoms with E-state index in [0.29, 0.717) is 5.56 Å². The molecule has 0 bridgehead atoms. The predicted octanol–water partition coefficient (Wildman–Crippen LogP) is 3.78. The number of hydrogen-bond acceptors (Lipinski definition) is 7. The number of imidazole rings is 1. The highest BCUT2D eigenvalue weighted by atomic mass is 32.1. The monoisotopic (exact) mass is 478 g/mol.